The molecule has 0 spiro atoms. The number of para-hydroxylation sites is 2. The summed E-state index contributed by atoms with van der Waals surface area (Å²) in [4.78, 5) is 82.6. The molecule has 2 aliphatic heterocycles. The van der Waals surface area contributed by atoms with Crippen molar-refractivity contribution in [2.75, 3.05) is 51.1 Å². The number of carbonyl (C=O) groups is 5. The van der Waals surface area contributed by atoms with Gasteiger partial charge in [0.1, 0.15) is 12.1 Å². The summed E-state index contributed by atoms with van der Waals surface area (Å²) >= 11 is 0. The van der Waals surface area contributed by atoms with Crippen molar-refractivity contribution < 1.29 is 24.0 Å². The largest absolute Gasteiger partial charge is 0.384 e. The third-order valence-corrected chi connectivity index (χ3v) is 12.3. The van der Waals surface area contributed by atoms with Crippen molar-refractivity contribution in [3.8, 4) is 0 Å². The van der Waals surface area contributed by atoms with Crippen molar-refractivity contribution in [1.82, 2.24) is 45.7 Å². The SMILES string of the molecule is NC(=O)[C@@H]1CCCN1C[C@H](CCCN=C(N)N)NC(=O)CNC(=O)[C@H](CCCN=C(N)N)NC(=O)[C@@H]1CCCN1C(=O)CCCc1cn(CCCNc2c3ccccc3nc3ccccc23)nn1. The summed E-state index contributed by atoms with van der Waals surface area (Å²) in [5, 5.41) is 22.9. The number of carbonyl (C=O) groups excluding carboxylic acids is 5. The van der Waals surface area contributed by atoms with Gasteiger partial charge in [0.05, 0.1) is 35.0 Å². The van der Waals surface area contributed by atoms with E-state index in [1.165, 1.54) is 0 Å². The second kappa shape index (κ2) is 25.1. The average Bonchev–Trinajstić information content (AvgIpc) is 4.11. The van der Waals surface area contributed by atoms with Gasteiger partial charge in [-0.05, 0) is 89.3 Å². The molecule has 0 bridgehead atoms. The lowest BCUT2D eigenvalue weighted by Gasteiger charge is -2.28. The fourth-order valence-corrected chi connectivity index (χ4v) is 8.96. The van der Waals surface area contributed by atoms with Crippen LogP contribution in [-0.4, -0.2) is 141 Å². The summed E-state index contributed by atoms with van der Waals surface area (Å²) in [5.74, 6) is -2.22. The van der Waals surface area contributed by atoms with Crippen LogP contribution < -0.4 is 49.9 Å². The van der Waals surface area contributed by atoms with Crippen molar-refractivity contribution in [3.63, 3.8) is 0 Å². The lowest BCUT2D eigenvalue weighted by molar-refractivity contribution is -0.139. The van der Waals surface area contributed by atoms with Crippen LogP contribution in [0, 0.1) is 0 Å². The third-order valence-electron chi connectivity index (χ3n) is 12.3. The molecule has 2 aliphatic rings. The maximum atomic E-state index is 13.8. The monoisotopic (exact) mass is 938 g/mol. The zero-order valence-electron chi connectivity index (χ0n) is 38.7. The van der Waals surface area contributed by atoms with E-state index in [1.807, 2.05) is 52.2 Å². The average molecular weight is 938 g/mol. The molecule has 22 nitrogen and oxygen atoms in total. The van der Waals surface area contributed by atoms with E-state index < -0.39 is 41.8 Å². The number of benzene rings is 2. The Balaban J connectivity index is 0.965. The van der Waals surface area contributed by atoms with Crippen molar-refractivity contribution in [3.05, 3.63) is 60.4 Å². The molecule has 5 amide bonds. The van der Waals surface area contributed by atoms with Crippen molar-refractivity contribution in [2.45, 2.75) is 108 Å². The highest BCUT2D eigenvalue weighted by Gasteiger charge is 2.36. The van der Waals surface area contributed by atoms with Gasteiger partial charge in [-0.3, -0.25) is 43.5 Å². The Bertz CT molecular complexity index is 2360. The van der Waals surface area contributed by atoms with Crippen LogP contribution in [0.15, 0.2) is 64.7 Å². The second-order valence-electron chi connectivity index (χ2n) is 17.4. The highest BCUT2D eigenvalue weighted by Crippen LogP contribution is 2.30. The van der Waals surface area contributed by atoms with E-state index in [0.717, 1.165) is 52.6 Å². The fraction of sp³-hybridized carbons (Fsp3) is 0.522. The number of hydrogen-bond acceptors (Lipinski definition) is 12. The summed E-state index contributed by atoms with van der Waals surface area (Å²) < 4.78 is 1.81. The molecule has 4 heterocycles. The van der Waals surface area contributed by atoms with Crippen molar-refractivity contribution in [1.29, 1.82) is 0 Å². The molecule has 0 aliphatic carbocycles. The van der Waals surface area contributed by atoms with Gasteiger partial charge in [0.15, 0.2) is 11.9 Å². The molecule has 0 saturated carbocycles. The number of anilines is 1. The van der Waals surface area contributed by atoms with Gasteiger partial charge in [-0.25, -0.2) is 4.98 Å². The number of fused-ring (bicyclic) bond motifs is 2. The first kappa shape index (κ1) is 50.3. The molecule has 366 valence electrons. The van der Waals surface area contributed by atoms with Gasteiger partial charge in [0.25, 0.3) is 0 Å². The quantitative estimate of drug-likeness (QED) is 0.0172. The van der Waals surface area contributed by atoms with Crippen LogP contribution >= 0.6 is 0 Å². The first-order valence-electron chi connectivity index (χ1n) is 23.6. The Morgan fingerprint density at radius 1 is 0.779 bits per heavy atom. The molecule has 6 rings (SSSR count). The first-order valence-corrected chi connectivity index (χ1v) is 23.6. The van der Waals surface area contributed by atoms with Gasteiger partial charge < -0.3 is 54.8 Å². The number of nitrogens with two attached hydrogens (primary N) is 5. The van der Waals surface area contributed by atoms with Crippen molar-refractivity contribution >= 4 is 68.9 Å². The minimum atomic E-state index is -1.04. The zero-order chi connectivity index (χ0) is 48.4. The number of aryl methyl sites for hydroxylation is 2. The number of primary amides is 1. The fourth-order valence-electron chi connectivity index (χ4n) is 8.96. The summed E-state index contributed by atoms with van der Waals surface area (Å²) in [6, 6.07) is 13.6. The summed E-state index contributed by atoms with van der Waals surface area (Å²) in [6.07, 6.45) is 8.08. The molecule has 2 aromatic carbocycles. The summed E-state index contributed by atoms with van der Waals surface area (Å²) in [6.45, 7) is 3.02. The molecule has 0 unspecified atom stereocenters. The number of aliphatic imine (C=N–C) groups is 2. The summed E-state index contributed by atoms with van der Waals surface area (Å²) in [5.41, 5.74) is 31.3. The van der Waals surface area contributed by atoms with Crippen LogP contribution in [0.5, 0.6) is 0 Å². The van der Waals surface area contributed by atoms with E-state index in [1.54, 1.807) is 4.90 Å². The number of nitrogens with one attached hydrogen (secondary N) is 4. The number of guanidine groups is 2. The van der Waals surface area contributed by atoms with Crippen molar-refractivity contribution in [2.24, 2.45) is 38.7 Å². The van der Waals surface area contributed by atoms with Crippen LogP contribution in [-0.2, 0) is 36.9 Å². The van der Waals surface area contributed by atoms with E-state index in [-0.39, 0.29) is 49.8 Å². The molecular formula is C46H67N17O5. The molecule has 14 N–H and O–H groups in total. The number of hydrogen-bond donors (Lipinski definition) is 9. The Labute approximate surface area is 395 Å². The standard InChI is InChI=1S/C46H67N17O5/c47-42(66)37-18-8-24-61(37)28-30(12-6-21-53-45(48)49)56-39(64)27-55-43(67)36(17-7-22-54-46(50)51)58-44(68)38-19-9-26-63(38)40(65)20-5-11-31-29-62(60-59-31)25-10-23-52-41-32-13-1-3-15-34(32)57-35-16-4-2-14-33(35)41/h1-4,13-16,29-30,36-38H,5-12,17-28H2,(H2,47,66)(H,52,57)(H,55,67)(H,56,64)(H,58,68)(H4,48,49,53)(H4,50,51,54)/t30-,36-,37-,38-/m0/s1. The van der Waals surface area contributed by atoms with Gasteiger partial charge in [0, 0.05) is 68.7 Å². The van der Waals surface area contributed by atoms with E-state index in [9.17, 15) is 24.0 Å². The molecule has 4 atom stereocenters. The van der Waals surface area contributed by atoms with Crippen LogP contribution in [0.4, 0.5) is 5.69 Å². The maximum Gasteiger partial charge on any atom is 0.243 e. The minimum Gasteiger partial charge on any atom is -0.384 e. The Morgan fingerprint density at radius 3 is 2.13 bits per heavy atom. The molecule has 2 saturated heterocycles. The molecular weight excluding hydrogens is 871 g/mol. The zero-order valence-corrected chi connectivity index (χ0v) is 38.7. The number of nitrogens with zero attached hydrogens (tertiary/aromatic N) is 8. The number of aromatic nitrogens is 4. The van der Waals surface area contributed by atoms with E-state index in [0.29, 0.717) is 84.1 Å². The molecule has 2 fully saturated rings. The lowest BCUT2D eigenvalue weighted by atomic mass is 10.1. The van der Waals surface area contributed by atoms with Gasteiger partial charge in [-0.1, -0.05) is 41.6 Å². The van der Waals surface area contributed by atoms with Gasteiger partial charge in [-0.15, -0.1) is 5.10 Å². The highest BCUT2D eigenvalue weighted by atomic mass is 16.2. The molecule has 0 radical (unpaired) electrons. The molecule has 2 aromatic heterocycles. The molecule has 68 heavy (non-hydrogen) atoms. The topological polar surface area (TPSA) is 338 Å². The number of pyridine rings is 1. The lowest BCUT2D eigenvalue weighted by Crippen LogP contribution is -2.54. The predicted octanol–water partition coefficient (Wildman–Crippen LogP) is -0.0619. The summed E-state index contributed by atoms with van der Waals surface area (Å²) in [7, 11) is 0. The van der Waals surface area contributed by atoms with Crippen LogP contribution in [0.3, 0.4) is 0 Å². The van der Waals surface area contributed by atoms with E-state index >= 15 is 0 Å². The maximum absolute atomic E-state index is 13.8. The Hall–Kier alpha value is -7.10. The number of rotatable bonds is 26. The predicted molar refractivity (Wildman–Crippen MR) is 261 cm³/mol. The third kappa shape index (κ3) is 14.7. The van der Waals surface area contributed by atoms with E-state index in [4.69, 9.17) is 33.7 Å². The van der Waals surface area contributed by atoms with Gasteiger partial charge in [0.2, 0.25) is 29.5 Å². The normalized spacial score (nSPS) is 16.8. The number of amides is 5. The van der Waals surface area contributed by atoms with Gasteiger partial charge >= 0.3 is 0 Å². The molecule has 22 heteroatoms. The second-order valence-corrected chi connectivity index (χ2v) is 17.4. The molecule has 4 aromatic rings. The first-order chi connectivity index (χ1) is 32.9. The smallest absolute Gasteiger partial charge is 0.243 e. The van der Waals surface area contributed by atoms with E-state index in [2.05, 4.69) is 53.7 Å². The van der Waals surface area contributed by atoms with Crippen LogP contribution in [0.1, 0.15) is 76.3 Å². The number of likely N-dealkylation sites (tertiary alicyclic amines) is 2. The Kier molecular flexibility index (Phi) is 18.6. The van der Waals surface area contributed by atoms with Gasteiger partial charge in [-0.2, -0.15) is 0 Å². The van der Waals surface area contributed by atoms with Crippen LogP contribution in [0.2, 0.25) is 0 Å². The van der Waals surface area contributed by atoms with Crippen LogP contribution in [0.25, 0.3) is 21.8 Å². The highest BCUT2D eigenvalue weighted by molar-refractivity contribution is 6.07. The minimum absolute atomic E-state index is 0.0378. The Morgan fingerprint density at radius 2 is 1.44 bits per heavy atom.